The van der Waals surface area contributed by atoms with Crippen molar-refractivity contribution in [3.63, 3.8) is 0 Å². The van der Waals surface area contributed by atoms with Gasteiger partial charge in [-0.15, -0.1) is 5.92 Å². The van der Waals surface area contributed by atoms with Crippen LogP contribution in [0, 0.1) is 11.8 Å². The molecule has 86 valence electrons. The molecule has 0 spiro atoms. The van der Waals surface area contributed by atoms with Crippen LogP contribution in [0.4, 0.5) is 0 Å². The molecule has 0 aliphatic heterocycles. The molecule has 0 saturated carbocycles. The molecule has 0 aromatic rings. The summed E-state index contributed by atoms with van der Waals surface area (Å²) < 4.78 is 4.56. The maximum Gasteiger partial charge on any atom is 0.305 e. The number of esters is 1. The summed E-state index contributed by atoms with van der Waals surface area (Å²) in [5.74, 6) is 5.96. The predicted octanol–water partition coefficient (Wildman–Crippen LogP) is 3.29. The van der Waals surface area contributed by atoms with Crippen molar-refractivity contribution in [1.29, 1.82) is 0 Å². The molecule has 0 fully saturated rings. The molecule has 0 unspecified atom stereocenters. The van der Waals surface area contributed by atoms with Gasteiger partial charge in [0.15, 0.2) is 0 Å². The lowest BCUT2D eigenvalue weighted by molar-refractivity contribution is -0.140. The van der Waals surface area contributed by atoms with E-state index in [1.54, 1.807) is 0 Å². The average molecular weight is 275 g/mol. The van der Waals surface area contributed by atoms with Gasteiger partial charge in [0.05, 0.1) is 12.4 Å². The zero-order chi connectivity index (χ0) is 11.4. The van der Waals surface area contributed by atoms with Crippen LogP contribution in [0.25, 0.3) is 0 Å². The summed E-state index contributed by atoms with van der Waals surface area (Å²) >= 11 is 3.26. The van der Waals surface area contributed by atoms with E-state index in [4.69, 9.17) is 0 Å². The van der Waals surface area contributed by atoms with Crippen LogP contribution >= 0.6 is 15.9 Å². The summed E-state index contributed by atoms with van der Waals surface area (Å²) in [6, 6.07) is 0. The van der Waals surface area contributed by atoms with E-state index in [-0.39, 0.29) is 5.97 Å². The standard InChI is InChI=1S/C12H19BrO2/c1-15-12(14)10-8-6-4-2-3-5-7-9-11-13/h2-6,8,10-11H2,1H3. The van der Waals surface area contributed by atoms with Crippen LogP contribution in [0.2, 0.25) is 0 Å². The number of carbonyl (C=O) groups is 1. The third-order valence-electron chi connectivity index (χ3n) is 2.10. The van der Waals surface area contributed by atoms with Gasteiger partial charge in [-0.05, 0) is 12.8 Å². The van der Waals surface area contributed by atoms with Gasteiger partial charge in [0, 0.05) is 12.8 Å². The minimum Gasteiger partial charge on any atom is -0.469 e. The Morgan fingerprint density at radius 1 is 1.13 bits per heavy atom. The van der Waals surface area contributed by atoms with Gasteiger partial charge in [-0.25, -0.2) is 0 Å². The SMILES string of the molecule is COC(=O)CCCCCCCC#CCBr. The molecule has 3 heteroatoms. The summed E-state index contributed by atoms with van der Waals surface area (Å²) in [5, 5.41) is 0.770. The summed E-state index contributed by atoms with van der Waals surface area (Å²) in [6.45, 7) is 0. The Morgan fingerprint density at radius 3 is 2.47 bits per heavy atom. The number of ether oxygens (including phenoxy) is 1. The molecule has 0 atom stereocenters. The minimum atomic E-state index is -0.0989. The normalized spacial score (nSPS) is 9.20. The van der Waals surface area contributed by atoms with Crippen LogP contribution in [0.1, 0.15) is 44.9 Å². The van der Waals surface area contributed by atoms with Gasteiger partial charge in [0.2, 0.25) is 0 Å². The maximum absolute atomic E-state index is 10.8. The van der Waals surface area contributed by atoms with Gasteiger partial charge in [-0.3, -0.25) is 4.79 Å². The lowest BCUT2D eigenvalue weighted by Crippen LogP contribution is -1.99. The first-order chi connectivity index (χ1) is 7.31. The van der Waals surface area contributed by atoms with Crippen molar-refractivity contribution in [2.45, 2.75) is 44.9 Å². The van der Waals surface area contributed by atoms with Crippen molar-refractivity contribution in [2.75, 3.05) is 12.4 Å². The third-order valence-corrected chi connectivity index (χ3v) is 2.38. The lowest BCUT2D eigenvalue weighted by atomic mass is 10.1. The number of hydrogen-bond acceptors (Lipinski definition) is 2. The van der Waals surface area contributed by atoms with E-state index in [0.29, 0.717) is 6.42 Å². The van der Waals surface area contributed by atoms with E-state index in [1.165, 1.54) is 20.0 Å². The summed E-state index contributed by atoms with van der Waals surface area (Å²) in [6.07, 6.45) is 7.16. The van der Waals surface area contributed by atoms with Gasteiger partial charge in [-0.2, -0.15) is 0 Å². The minimum absolute atomic E-state index is 0.0989. The van der Waals surface area contributed by atoms with Crippen molar-refractivity contribution >= 4 is 21.9 Å². The highest BCUT2D eigenvalue weighted by atomic mass is 79.9. The van der Waals surface area contributed by atoms with Gasteiger partial charge in [0.25, 0.3) is 0 Å². The molecule has 0 aromatic heterocycles. The van der Waals surface area contributed by atoms with Crippen LogP contribution in [0.5, 0.6) is 0 Å². The Morgan fingerprint density at radius 2 is 1.80 bits per heavy atom. The molecule has 0 radical (unpaired) electrons. The highest BCUT2D eigenvalue weighted by Gasteiger charge is 1.98. The zero-order valence-electron chi connectivity index (χ0n) is 9.35. The fourth-order valence-electron chi connectivity index (χ4n) is 1.25. The van der Waals surface area contributed by atoms with Crippen molar-refractivity contribution in [1.82, 2.24) is 0 Å². The fraction of sp³-hybridized carbons (Fsp3) is 0.750. The predicted molar refractivity (Wildman–Crippen MR) is 65.9 cm³/mol. The first-order valence-corrected chi connectivity index (χ1v) is 6.52. The van der Waals surface area contributed by atoms with Crippen molar-refractivity contribution in [3.05, 3.63) is 0 Å². The van der Waals surface area contributed by atoms with Crippen LogP contribution in [0.3, 0.4) is 0 Å². The molecule has 0 amide bonds. The number of hydrogen-bond donors (Lipinski definition) is 0. The van der Waals surface area contributed by atoms with Crippen LogP contribution in [-0.2, 0) is 9.53 Å². The van der Waals surface area contributed by atoms with Gasteiger partial charge >= 0.3 is 5.97 Å². The molecule has 0 aliphatic rings. The van der Waals surface area contributed by atoms with Crippen LogP contribution in [-0.4, -0.2) is 18.4 Å². The highest BCUT2D eigenvalue weighted by Crippen LogP contribution is 2.07. The fourth-order valence-corrected chi connectivity index (χ4v) is 1.45. The van der Waals surface area contributed by atoms with E-state index < -0.39 is 0 Å². The Bertz CT molecular complexity index is 215. The Kier molecular flexibility index (Phi) is 11.2. The molecule has 2 nitrogen and oxygen atoms in total. The van der Waals surface area contributed by atoms with E-state index >= 15 is 0 Å². The monoisotopic (exact) mass is 274 g/mol. The molecular formula is C12H19BrO2. The molecule has 0 saturated heterocycles. The van der Waals surface area contributed by atoms with Crippen molar-refractivity contribution < 1.29 is 9.53 Å². The Hall–Kier alpha value is -0.490. The van der Waals surface area contributed by atoms with Crippen LogP contribution < -0.4 is 0 Å². The second-order valence-corrected chi connectivity index (χ2v) is 3.89. The molecule has 0 rings (SSSR count). The maximum atomic E-state index is 10.8. The highest BCUT2D eigenvalue weighted by molar-refractivity contribution is 9.09. The number of methoxy groups -OCH3 is 1. The first kappa shape index (κ1) is 14.5. The molecule has 0 bridgehead atoms. The molecular weight excluding hydrogens is 256 g/mol. The lowest BCUT2D eigenvalue weighted by Gasteiger charge is -1.99. The quantitative estimate of drug-likeness (QED) is 0.308. The zero-order valence-corrected chi connectivity index (χ0v) is 10.9. The number of halogens is 1. The number of unbranched alkanes of at least 4 members (excludes halogenated alkanes) is 5. The van der Waals surface area contributed by atoms with E-state index in [9.17, 15) is 4.79 Å². The molecule has 15 heavy (non-hydrogen) atoms. The number of alkyl halides is 1. The van der Waals surface area contributed by atoms with Crippen LogP contribution in [0.15, 0.2) is 0 Å². The number of rotatable bonds is 7. The largest absolute Gasteiger partial charge is 0.469 e. The second-order valence-electron chi connectivity index (χ2n) is 3.33. The molecule has 0 N–H and O–H groups in total. The number of carbonyl (C=O) groups excluding carboxylic acids is 1. The van der Waals surface area contributed by atoms with Crippen molar-refractivity contribution in [3.8, 4) is 11.8 Å². The third kappa shape index (κ3) is 11.4. The summed E-state index contributed by atoms with van der Waals surface area (Å²) in [4.78, 5) is 10.8. The average Bonchev–Trinajstić information content (AvgIpc) is 2.26. The smallest absolute Gasteiger partial charge is 0.305 e. The first-order valence-electron chi connectivity index (χ1n) is 5.39. The van der Waals surface area contributed by atoms with Gasteiger partial charge in [0.1, 0.15) is 0 Å². The summed E-state index contributed by atoms with van der Waals surface area (Å²) in [5.41, 5.74) is 0. The van der Waals surface area contributed by atoms with E-state index in [0.717, 1.165) is 31.0 Å². The summed E-state index contributed by atoms with van der Waals surface area (Å²) in [7, 11) is 1.44. The van der Waals surface area contributed by atoms with E-state index in [1.807, 2.05) is 0 Å². The molecule has 0 heterocycles. The Balaban J connectivity index is 3.08. The van der Waals surface area contributed by atoms with E-state index in [2.05, 4.69) is 32.5 Å². The molecule has 0 aliphatic carbocycles. The second kappa shape index (κ2) is 11.6. The molecule has 0 aromatic carbocycles. The Labute approximate surface area is 101 Å². The van der Waals surface area contributed by atoms with Crippen molar-refractivity contribution in [2.24, 2.45) is 0 Å². The van der Waals surface area contributed by atoms with Gasteiger partial charge in [-0.1, -0.05) is 41.1 Å². The topological polar surface area (TPSA) is 26.3 Å². The van der Waals surface area contributed by atoms with Gasteiger partial charge < -0.3 is 4.74 Å².